The first-order valence-corrected chi connectivity index (χ1v) is 12.5. The SMILES string of the molecule is Cc1ccccc1-c1nc(S(=O)(=O)c2ccc3c(c2)OCCO3)c(NCCc2ccccc2)o1. The van der Waals surface area contributed by atoms with Gasteiger partial charge >= 0.3 is 0 Å². The molecule has 1 aliphatic rings. The average Bonchev–Trinajstić information content (AvgIpc) is 3.29. The second-order valence-electron chi connectivity index (χ2n) is 7.94. The molecule has 2 heterocycles. The lowest BCUT2D eigenvalue weighted by Gasteiger charge is -2.18. The summed E-state index contributed by atoms with van der Waals surface area (Å²) in [5.74, 6) is 1.28. The Hall–Kier alpha value is -3.78. The van der Waals surface area contributed by atoms with Crippen LogP contribution in [-0.4, -0.2) is 33.2 Å². The van der Waals surface area contributed by atoms with Crippen molar-refractivity contribution in [2.45, 2.75) is 23.3 Å². The molecule has 0 unspecified atom stereocenters. The molecular weight excluding hydrogens is 452 g/mol. The summed E-state index contributed by atoms with van der Waals surface area (Å²) in [5.41, 5.74) is 2.80. The van der Waals surface area contributed by atoms with Gasteiger partial charge < -0.3 is 19.2 Å². The normalized spacial score (nSPS) is 13.0. The quantitative estimate of drug-likeness (QED) is 0.405. The van der Waals surface area contributed by atoms with E-state index in [9.17, 15) is 8.42 Å². The Balaban J connectivity index is 1.52. The number of aromatic nitrogens is 1. The molecule has 0 saturated heterocycles. The van der Waals surface area contributed by atoms with Crippen LogP contribution >= 0.6 is 0 Å². The van der Waals surface area contributed by atoms with Gasteiger partial charge in [0, 0.05) is 18.2 Å². The number of aryl methyl sites for hydroxylation is 1. The highest BCUT2D eigenvalue weighted by Crippen LogP contribution is 2.37. The molecule has 0 spiro atoms. The minimum Gasteiger partial charge on any atom is -0.486 e. The van der Waals surface area contributed by atoms with Crippen molar-refractivity contribution >= 4 is 15.7 Å². The van der Waals surface area contributed by atoms with E-state index in [0.717, 1.165) is 16.7 Å². The largest absolute Gasteiger partial charge is 0.486 e. The highest BCUT2D eigenvalue weighted by atomic mass is 32.2. The smallest absolute Gasteiger partial charge is 0.233 e. The van der Waals surface area contributed by atoms with E-state index in [-0.39, 0.29) is 21.7 Å². The Morgan fingerprint density at radius 2 is 1.65 bits per heavy atom. The van der Waals surface area contributed by atoms with Gasteiger partial charge in [-0.05, 0) is 42.7 Å². The molecule has 0 fully saturated rings. The second kappa shape index (κ2) is 9.23. The highest BCUT2D eigenvalue weighted by Gasteiger charge is 2.30. The van der Waals surface area contributed by atoms with Gasteiger partial charge in [-0.2, -0.15) is 4.98 Å². The Morgan fingerprint density at radius 3 is 2.44 bits per heavy atom. The van der Waals surface area contributed by atoms with Crippen molar-refractivity contribution in [3.05, 3.63) is 83.9 Å². The van der Waals surface area contributed by atoms with Crippen LogP contribution in [0.1, 0.15) is 11.1 Å². The zero-order valence-electron chi connectivity index (χ0n) is 18.7. The van der Waals surface area contributed by atoms with Crippen LogP contribution in [0.4, 0.5) is 5.88 Å². The number of hydrogen-bond donors (Lipinski definition) is 1. The summed E-state index contributed by atoms with van der Waals surface area (Å²) in [6, 6.07) is 22.1. The topological polar surface area (TPSA) is 90.7 Å². The first kappa shape index (κ1) is 22.0. The lowest BCUT2D eigenvalue weighted by molar-refractivity contribution is 0.171. The fourth-order valence-corrected chi connectivity index (χ4v) is 5.09. The van der Waals surface area contributed by atoms with Crippen molar-refractivity contribution in [2.24, 2.45) is 0 Å². The second-order valence-corrected chi connectivity index (χ2v) is 9.80. The molecule has 1 aliphatic heterocycles. The van der Waals surface area contributed by atoms with Crippen molar-refractivity contribution in [3.8, 4) is 23.0 Å². The van der Waals surface area contributed by atoms with Crippen molar-refractivity contribution in [3.63, 3.8) is 0 Å². The zero-order valence-corrected chi connectivity index (χ0v) is 19.5. The molecule has 0 radical (unpaired) electrons. The van der Waals surface area contributed by atoms with Crippen LogP contribution in [0, 0.1) is 6.92 Å². The molecule has 8 heteroatoms. The van der Waals surface area contributed by atoms with E-state index in [1.807, 2.05) is 61.5 Å². The van der Waals surface area contributed by atoms with E-state index in [4.69, 9.17) is 13.9 Å². The van der Waals surface area contributed by atoms with Crippen LogP contribution < -0.4 is 14.8 Å². The van der Waals surface area contributed by atoms with Crippen LogP contribution in [0.25, 0.3) is 11.5 Å². The van der Waals surface area contributed by atoms with E-state index in [2.05, 4.69) is 10.3 Å². The Morgan fingerprint density at radius 1 is 0.912 bits per heavy atom. The third-order valence-corrected chi connectivity index (χ3v) is 7.25. The summed E-state index contributed by atoms with van der Waals surface area (Å²) < 4.78 is 44.4. The molecule has 0 amide bonds. The lowest BCUT2D eigenvalue weighted by atomic mass is 10.1. The van der Waals surface area contributed by atoms with Crippen molar-refractivity contribution in [2.75, 3.05) is 25.1 Å². The van der Waals surface area contributed by atoms with Crippen LogP contribution in [0.3, 0.4) is 0 Å². The zero-order chi connectivity index (χ0) is 23.5. The number of hydrogen-bond acceptors (Lipinski definition) is 7. The summed E-state index contributed by atoms with van der Waals surface area (Å²) in [4.78, 5) is 4.50. The van der Waals surface area contributed by atoms with Crippen molar-refractivity contribution in [1.29, 1.82) is 0 Å². The number of sulfone groups is 1. The number of nitrogens with one attached hydrogen (secondary N) is 1. The van der Waals surface area contributed by atoms with Gasteiger partial charge in [0.2, 0.25) is 26.6 Å². The molecule has 7 nitrogen and oxygen atoms in total. The van der Waals surface area contributed by atoms with Gasteiger partial charge in [0.15, 0.2) is 11.5 Å². The third kappa shape index (κ3) is 4.36. The first-order chi connectivity index (χ1) is 16.5. The number of benzene rings is 3. The maximum absolute atomic E-state index is 13.6. The summed E-state index contributed by atoms with van der Waals surface area (Å²) in [7, 11) is -4.00. The van der Waals surface area contributed by atoms with Gasteiger partial charge in [0.1, 0.15) is 13.2 Å². The van der Waals surface area contributed by atoms with E-state index in [1.165, 1.54) is 12.1 Å². The molecule has 0 saturated carbocycles. The van der Waals surface area contributed by atoms with E-state index in [1.54, 1.807) is 6.07 Å². The molecule has 1 N–H and O–H groups in total. The maximum Gasteiger partial charge on any atom is 0.233 e. The first-order valence-electron chi connectivity index (χ1n) is 11.0. The number of anilines is 1. The fraction of sp³-hybridized carbons (Fsp3) is 0.192. The standard InChI is InChI=1S/C26H24N2O5S/c1-18-7-5-6-10-21(18)24-28-26(25(33-24)27-14-13-19-8-3-2-4-9-19)34(29,30)20-11-12-22-23(17-20)32-16-15-31-22/h2-12,17,27H,13-16H2,1H3. The van der Waals surface area contributed by atoms with E-state index < -0.39 is 9.84 Å². The van der Waals surface area contributed by atoms with Gasteiger partial charge in [-0.1, -0.05) is 48.5 Å². The summed E-state index contributed by atoms with van der Waals surface area (Å²) in [6.07, 6.45) is 0.699. The van der Waals surface area contributed by atoms with E-state index >= 15 is 0 Å². The molecule has 4 aromatic rings. The summed E-state index contributed by atoms with van der Waals surface area (Å²) in [6.45, 7) is 3.20. The molecule has 3 aromatic carbocycles. The molecule has 0 bridgehead atoms. The van der Waals surface area contributed by atoms with Crippen molar-refractivity contribution in [1.82, 2.24) is 4.98 Å². The number of rotatable bonds is 7. The van der Waals surface area contributed by atoms with Crippen LogP contribution in [-0.2, 0) is 16.3 Å². The lowest BCUT2D eigenvalue weighted by Crippen LogP contribution is -2.16. The molecule has 34 heavy (non-hydrogen) atoms. The average molecular weight is 477 g/mol. The molecule has 0 aliphatic carbocycles. The van der Waals surface area contributed by atoms with Crippen LogP contribution in [0.15, 0.2) is 87.1 Å². The minimum atomic E-state index is -4.00. The predicted octanol–water partition coefficient (Wildman–Crippen LogP) is 4.91. The Kier molecular flexibility index (Phi) is 5.98. The van der Waals surface area contributed by atoms with Gasteiger partial charge in [-0.3, -0.25) is 0 Å². The Labute approximate surface area is 198 Å². The molecule has 1 aromatic heterocycles. The predicted molar refractivity (Wildman–Crippen MR) is 128 cm³/mol. The number of oxazole rings is 1. The highest BCUT2D eigenvalue weighted by molar-refractivity contribution is 7.91. The molecular formula is C26H24N2O5S. The summed E-state index contributed by atoms with van der Waals surface area (Å²) in [5, 5.41) is 2.99. The Bertz CT molecular complexity index is 1410. The van der Waals surface area contributed by atoms with Crippen LogP contribution in [0.2, 0.25) is 0 Å². The number of ether oxygens (including phenoxy) is 2. The molecule has 0 atom stereocenters. The maximum atomic E-state index is 13.6. The van der Waals surface area contributed by atoms with Gasteiger partial charge in [0.25, 0.3) is 0 Å². The van der Waals surface area contributed by atoms with Crippen molar-refractivity contribution < 1.29 is 22.3 Å². The summed E-state index contributed by atoms with van der Waals surface area (Å²) >= 11 is 0. The minimum absolute atomic E-state index is 0.0625. The van der Waals surface area contributed by atoms with Gasteiger partial charge in [-0.25, -0.2) is 8.42 Å². The van der Waals surface area contributed by atoms with E-state index in [0.29, 0.717) is 37.7 Å². The number of nitrogens with zero attached hydrogens (tertiary/aromatic N) is 1. The third-order valence-electron chi connectivity index (χ3n) is 5.59. The fourth-order valence-electron chi connectivity index (χ4n) is 3.80. The molecule has 5 rings (SSSR count). The van der Waals surface area contributed by atoms with Gasteiger partial charge in [0.05, 0.1) is 4.90 Å². The monoisotopic (exact) mass is 476 g/mol. The van der Waals surface area contributed by atoms with Gasteiger partial charge in [-0.15, -0.1) is 0 Å². The van der Waals surface area contributed by atoms with Crippen LogP contribution in [0.5, 0.6) is 11.5 Å². The molecule has 174 valence electrons. The number of fused-ring (bicyclic) bond motifs is 1.